The molecular weight excluding hydrogens is 398 g/mol. The Labute approximate surface area is 176 Å². The first-order valence-corrected chi connectivity index (χ1v) is 9.38. The van der Waals surface area contributed by atoms with Crippen LogP contribution in [0.3, 0.4) is 0 Å². The lowest BCUT2D eigenvalue weighted by molar-refractivity contribution is 0.190. The molecule has 0 bridgehead atoms. The highest BCUT2D eigenvalue weighted by Gasteiger charge is 2.19. The van der Waals surface area contributed by atoms with Crippen molar-refractivity contribution in [3.8, 4) is 11.5 Å². The number of benzene rings is 1. The SMILES string of the molecule is COCCN(CCOC)c1nc(C)nc(Nc2c(Cl)cc(OC)cc2OC)c1N. The van der Waals surface area contributed by atoms with E-state index in [2.05, 4.69) is 15.3 Å². The summed E-state index contributed by atoms with van der Waals surface area (Å²) >= 11 is 6.42. The van der Waals surface area contributed by atoms with Crippen molar-refractivity contribution in [2.75, 3.05) is 70.7 Å². The number of ether oxygens (including phenoxy) is 4. The summed E-state index contributed by atoms with van der Waals surface area (Å²) in [5.41, 5.74) is 7.34. The number of aryl methyl sites for hydroxylation is 1. The number of anilines is 4. The Balaban J connectivity index is 2.45. The quantitative estimate of drug-likeness (QED) is 0.562. The van der Waals surface area contributed by atoms with Gasteiger partial charge < -0.3 is 34.9 Å². The van der Waals surface area contributed by atoms with Crippen molar-refractivity contribution in [3.05, 3.63) is 23.0 Å². The van der Waals surface area contributed by atoms with Crippen LogP contribution < -0.4 is 25.4 Å². The molecule has 0 radical (unpaired) electrons. The van der Waals surface area contributed by atoms with Gasteiger partial charge in [0.05, 0.1) is 32.5 Å². The Morgan fingerprint density at radius 1 is 1.03 bits per heavy atom. The minimum absolute atomic E-state index is 0.386. The number of hydrogen-bond acceptors (Lipinski definition) is 9. The fourth-order valence-corrected chi connectivity index (χ4v) is 2.95. The predicted molar refractivity (Wildman–Crippen MR) is 115 cm³/mol. The average Bonchev–Trinajstić information content (AvgIpc) is 2.71. The zero-order valence-corrected chi connectivity index (χ0v) is 18.2. The Morgan fingerprint density at radius 3 is 2.24 bits per heavy atom. The molecule has 29 heavy (non-hydrogen) atoms. The normalized spacial score (nSPS) is 10.7. The van der Waals surface area contributed by atoms with E-state index in [9.17, 15) is 0 Å². The number of rotatable bonds is 11. The molecule has 1 heterocycles. The van der Waals surface area contributed by atoms with Crippen LogP contribution in [0.1, 0.15) is 5.82 Å². The number of methoxy groups -OCH3 is 4. The molecule has 0 unspecified atom stereocenters. The Kier molecular flexibility index (Phi) is 8.56. The van der Waals surface area contributed by atoms with E-state index in [0.717, 1.165) is 0 Å². The number of nitrogens with two attached hydrogens (primary N) is 1. The maximum atomic E-state index is 6.42. The van der Waals surface area contributed by atoms with E-state index in [1.807, 2.05) is 4.90 Å². The van der Waals surface area contributed by atoms with Gasteiger partial charge >= 0.3 is 0 Å². The summed E-state index contributed by atoms with van der Waals surface area (Å²) in [5, 5.41) is 3.59. The van der Waals surface area contributed by atoms with Gasteiger partial charge in [0, 0.05) is 39.4 Å². The van der Waals surface area contributed by atoms with Gasteiger partial charge in [-0.15, -0.1) is 0 Å². The molecule has 9 nitrogen and oxygen atoms in total. The molecule has 3 N–H and O–H groups in total. The van der Waals surface area contributed by atoms with Crippen molar-refractivity contribution >= 4 is 34.6 Å². The van der Waals surface area contributed by atoms with Crippen molar-refractivity contribution in [1.82, 2.24) is 9.97 Å². The van der Waals surface area contributed by atoms with Crippen LogP contribution in [0.25, 0.3) is 0 Å². The molecule has 0 saturated heterocycles. The smallest absolute Gasteiger partial charge is 0.159 e. The lowest BCUT2D eigenvalue weighted by atomic mass is 10.2. The van der Waals surface area contributed by atoms with E-state index in [4.69, 9.17) is 36.3 Å². The van der Waals surface area contributed by atoms with Gasteiger partial charge in [-0.1, -0.05) is 11.6 Å². The second kappa shape index (κ2) is 10.9. The Morgan fingerprint density at radius 2 is 1.69 bits per heavy atom. The summed E-state index contributed by atoms with van der Waals surface area (Å²) in [5.74, 6) is 2.66. The maximum Gasteiger partial charge on any atom is 0.159 e. The molecule has 0 spiro atoms. The Bertz CT molecular complexity index is 814. The van der Waals surface area contributed by atoms with Crippen LogP contribution in [0.5, 0.6) is 11.5 Å². The van der Waals surface area contributed by atoms with Crippen LogP contribution in [-0.4, -0.2) is 64.7 Å². The average molecular weight is 426 g/mol. The highest BCUT2D eigenvalue weighted by Crippen LogP contribution is 2.40. The van der Waals surface area contributed by atoms with Crippen molar-refractivity contribution in [2.24, 2.45) is 0 Å². The van der Waals surface area contributed by atoms with Crippen LogP contribution in [0, 0.1) is 6.92 Å². The zero-order valence-electron chi connectivity index (χ0n) is 17.4. The van der Waals surface area contributed by atoms with E-state index >= 15 is 0 Å². The maximum absolute atomic E-state index is 6.42. The molecule has 1 aromatic heterocycles. The molecule has 0 saturated carbocycles. The molecule has 1 aromatic carbocycles. The summed E-state index contributed by atoms with van der Waals surface area (Å²) in [6.07, 6.45) is 0. The first-order valence-electron chi connectivity index (χ1n) is 9.00. The molecule has 160 valence electrons. The lowest BCUT2D eigenvalue weighted by Crippen LogP contribution is -2.32. The van der Waals surface area contributed by atoms with Gasteiger partial charge in [-0.3, -0.25) is 0 Å². The monoisotopic (exact) mass is 425 g/mol. The van der Waals surface area contributed by atoms with Crippen LogP contribution in [-0.2, 0) is 9.47 Å². The molecule has 0 aliphatic rings. The Hall–Kier alpha value is -2.49. The second-order valence-electron chi connectivity index (χ2n) is 6.14. The van der Waals surface area contributed by atoms with Crippen LogP contribution >= 0.6 is 11.6 Å². The second-order valence-corrected chi connectivity index (χ2v) is 6.55. The van der Waals surface area contributed by atoms with E-state index < -0.39 is 0 Å². The number of nitrogen functional groups attached to an aromatic ring is 1. The molecule has 0 amide bonds. The molecule has 0 aliphatic heterocycles. The topological polar surface area (TPSA) is 104 Å². The number of halogens is 1. The first-order chi connectivity index (χ1) is 13.9. The fourth-order valence-electron chi connectivity index (χ4n) is 2.71. The summed E-state index contributed by atoms with van der Waals surface area (Å²) in [6, 6.07) is 3.41. The standard InChI is InChI=1S/C19H28ClN5O4/c1-12-22-18(24-17-14(20)10-13(28-4)11-15(17)29-5)16(21)19(23-12)25(6-8-26-2)7-9-27-3/h10-11H,6-9,21H2,1-5H3,(H,22,23,24). The summed E-state index contributed by atoms with van der Waals surface area (Å²) in [6.45, 7) is 4.05. The predicted octanol–water partition coefficient (Wildman–Crippen LogP) is 2.88. The van der Waals surface area contributed by atoms with Gasteiger partial charge in [0.25, 0.3) is 0 Å². The minimum Gasteiger partial charge on any atom is -0.497 e. The van der Waals surface area contributed by atoms with Crippen molar-refractivity contribution in [3.63, 3.8) is 0 Å². The molecule has 0 aliphatic carbocycles. The van der Waals surface area contributed by atoms with Gasteiger partial charge in [0.1, 0.15) is 28.7 Å². The summed E-state index contributed by atoms with van der Waals surface area (Å²) in [7, 11) is 6.40. The molecule has 0 atom stereocenters. The van der Waals surface area contributed by atoms with Crippen LogP contribution in [0.15, 0.2) is 12.1 Å². The third-order valence-electron chi connectivity index (χ3n) is 4.19. The van der Waals surface area contributed by atoms with Gasteiger partial charge in [-0.2, -0.15) is 0 Å². The van der Waals surface area contributed by atoms with Crippen molar-refractivity contribution < 1.29 is 18.9 Å². The number of nitrogens with one attached hydrogen (secondary N) is 1. The number of nitrogens with zero attached hydrogens (tertiary/aromatic N) is 3. The number of hydrogen-bond donors (Lipinski definition) is 2. The highest BCUT2D eigenvalue weighted by atomic mass is 35.5. The third-order valence-corrected chi connectivity index (χ3v) is 4.49. The third kappa shape index (κ3) is 5.75. The van der Waals surface area contributed by atoms with Crippen molar-refractivity contribution in [1.29, 1.82) is 0 Å². The molecule has 0 fully saturated rings. The highest BCUT2D eigenvalue weighted by molar-refractivity contribution is 6.34. The zero-order chi connectivity index (χ0) is 21.4. The van der Waals surface area contributed by atoms with Crippen molar-refractivity contribution in [2.45, 2.75) is 6.92 Å². The van der Waals surface area contributed by atoms with E-state index in [-0.39, 0.29) is 0 Å². The molecule has 2 rings (SSSR count). The molecule has 2 aromatic rings. The van der Waals surface area contributed by atoms with Crippen LogP contribution in [0.2, 0.25) is 5.02 Å². The van der Waals surface area contributed by atoms with Gasteiger partial charge in [0.2, 0.25) is 0 Å². The van der Waals surface area contributed by atoms with Crippen LogP contribution in [0.4, 0.5) is 23.0 Å². The molecular formula is C19H28ClN5O4. The first kappa shape index (κ1) is 22.8. The van der Waals surface area contributed by atoms with Gasteiger partial charge in [-0.25, -0.2) is 9.97 Å². The van der Waals surface area contributed by atoms with Gasteiger partial charge in [-0.05, 0) is 6.92 Å². The van der Waals surface area contributed by atoms with E-state index in [1.165, 1.54) is 0 Å². The largest absolute Gasteiger partial charge is 0.497 e. The fraction of sp³-hybridized carbons (Fsp3) is 0.474. The summed E-state index contributed by atoms with van der Waals surface area (Å²) in [4.78, 5) is 11.0. The van der Waals surface area contributed by atoms with E-state index in [0.29, 0.717) is 71.7 Å². The molecule has 10 heteroatoms. The van der Waals surface area contributed by atoms with E-state index in [1.54, 1.807) is 47.5 Å². The lowest BCUT2D eigenvalue weighted by Gasteiger charge is -2.26. The minimum atomic E-state index is 0.386. The van der Waals surface area contributed by atoms with Gasteiger partial charge in [0.15, 0.2) is 11.6 Å². The summed E-state index contributed by atoms with van der Waals surface area (Å²) < 4.78 is 21.1. The number of aromatic nitrogens is 2.